The monoisotopic (exact) mass is 407 g/mol. The van der Waals surface area contributed by atoms with Crippen LogP contribution < -0.4 is 4.72 Å². The van der Waals surface area contributed by atoms with Gasteiger partial charge in [0.2, 0.25) is 0 Å². The SMILES string of the molecule is C=Cc1cc(C(CC(C)C)NS(=O)C(C)C)nc2ccc(-c3ccncc3)cc12. The van der Waals surface area contributed by atoms with Crippen LogP contribution in [0.5, 0.6) is 0 Å². The van der Waals surface area contributed by atoms with Crippen LogP contribution in [0, 0.1) is 5.92 Å². The fraction of sp³-hybridized carbons (Fsp3) is 0.333. The van der Waals surface area contributed by atoms with Gasteiger partial charge in [-0.1, -0.05) is 32.6 Å². The van der Waals surface area contributed by atoms with Crippen molar-refractivity contribution in [3.05, 3.63) is 66.6 Å². The van der Waals surface area contributed by atoms with Crippen molar-refractivity contribution in [2.45, 2.75) is 45.4 Å². The van der Waals surface area contributed by atoms with Crippen LogP contribution in [0.15, 0.2) is 55.4 Å². The van der Waals surface area contributed by atoms with Gasteiger partial charge in [-0.25, -0.2) is 8.93 Å². The lowest BCUT2D eigenvalue weighted by Gasteiger charge is -2.22. The van der Waals surface area contributed by atoms with Crippen molar-refractivity contribution in [3.63, 3.8) is 0 Å². The summed E-state index contributed by atoms with van der Waals surface area (Å²) in [5, 5.41) is 1.11. The minimum atomic E-state index is -1.11. The number of benzene rings is 1. The molecule has 0 aliphatic heterocycles. The Hall–Kier alpha value is -2.37. The molecule has 3 rings (SSSR count). The van der Waals surface area contributed by atoms with Gasteiger partial charge < -0.3 is 0 Å². The second-order valence-corrected chi connectivity index (χ2v) is 9.73. The Balaban J connectivity index is 2.06. The van der Waals surface area contributed by atoms with Gasteiger partial charge in [0.1, 0.15) is 0 Å². The van der Waals surface area contributed by atoms with Crippen molar-refractivity contribution in [2.24, 2.45) is 5.92 Å². The molecule has 3 aromatic rings. The third-order valence-corrected chi connectivity index (χ3v) is 6.22. The van der Waals surface area contributed by atoms with Crippen LogP contribution in [0.1, 0.15) is 51.4 Å². The summed E-state index contributed by atoms with van der Waals surface area (Å²) in [5.41, 5.74) is 5.10. The normalized spacial score (nSPS) is 13.7. The van der Waals surface area contributed by atoms with E-state index >= 15 is 0 Å². The molecule has 0 radical (unpaired) electrons. The summed E-state index contributed by atoms with van der Waals surface area (Å²) in [4.78, 5) is 9.02. The van der Waals surface area contributed by atoms with Crippen LogP contribution in [0.4, 0.5) is 0 Å². The van der Waals surface area contributed by atoms with Crippen LogP contribution in [0.2, 0.25) is 0 Å². The standard InChI is InChI=1S/C24H29N3OS/c1-6-18-15-23(24(13-16(2)3)27-29(28)17(4)5)26-22-8-7-20(14-21(18)22)19-9-11-25-12-10-19/h6-12,14-17,24,27H,1,13H2,2-5H3. The maximum Gasteiger partial charge on any atom is 0.0947 e. The highest BCUT2D eigenvalue weighted by molar-refractivity contribution is 7.83. The molecular formula is C24H29N3OS. The zero-order valence-electron chi connectivity index (χ0n) is 17.6. The average Bonchev–Trinajstić information content (AvgIpc) is 2.72. The predicted molar refractivity (Wildman–Crippen MR) is 124 cm³/mol. The van der Waals surface area contributed by atoms with E-state index in [9.17, 15) is 4.21 Å². The van der Waals surface area contributed by atoms with Gasteiger partial charge in [-0.05, 0) is 73.2 Å². The highest BCUT2D eigenvalue weighted by Crippen LogP contribution is 2.30. The van der Waals surface area contributed by atoms with Crippen LogP contribution >= 0.6 is 0 Å². The number of aromatic nitrogens is 2. The summed E-state index contributed by atoms with van der Waals surface area (Å²) in [6.07, 6.45) is 6.33. The molecule has 1 N–H and O–H groups in total. The third-order valence-electron chi connectivity index (χ3n) is 4.84. The first kappa shape index (κ1) is 21.3. The number of hydrogen-bond donors (Lipinski definition) is 1. The van der Waals surface area contributed by atoms with Gasteiger partial charge in [0.05, 0.1) is 28.2 Å². The minimum Gasteiger partial charge on any atom is -0.265 e. The van der Waals surface area contributed by atoms with Gasteiger partial charge in [-0.3, -0.25) is 9.97 Å². The van der Waals surface area contributed by atoms with Gasteiger partial charge in [-0.15, -0.1) is 0 Å². The Morgan fingerprint density at radius 2 is 1.79 bits per heavy atom. The number of nitrogens with zero attached hydrogens (tertiary/aromatic N) is 2. The van der Waals surface area contributed by atoms with Crippen molar-refractivity contribution in [3.8, 4) is 11.1 Å². The molecule has 2 unspecified atom stereocenters. The van der Waals surface area contributed by atoms with E-state index in [0.717, 1.165) is 39.7 Å². The maximum atomic E-state index is 12.5. The van der Waals surface area contributed by atoms with E-state index in [1.54, 1.807) is 12.4 Å². The Labute approximate surface area is 176 Å². The average molecular weight is 408 g/mol. The number of pyridine rings is 2. The van der Waals surface area contributed by atoms with Gasteiger partial charge in [0.15, 0.2) is 0 Å². The Morgan fingerprint density at radius 1 is 1.07 bits per heavy atom. The summed E-state index contributed by atoms with van der Waals surface area (Å²) in [6.45, 7) is 12.3. The van der Waals surface area contributed by atoms with Crippen molar-refractivity contribution in [2.75, 3.05) is 0 Å². The van der Waals surface area contributed by atoms with E-state index < -0.39 is 11.0 Å². The number of fused-ring (bicyclic) bond motifs is 1. The molecule has 0 amide bonds. The van der Waals surface area contributed by atoms with Crippen LogP contribution in [-0.4, -0.2) is 19.4 Å². The van der Waals surface area contributed by atoms with Crippen molar-refractivity contribution in [1.82, 2.24) is 14.7 Å². The Bertz CT molecular complexity index is 1020. The van der Waals surface area contributed by atoms with E-state index in [-0.39, 0.29) is 11.3 Å². The fourth-order valence-corrected chi connectivity index (χ4v) is 4.09. The number of nitrogens with one attached hydrogen (secondary N) is 1. The second kappa shape index (κ2) is 9.42. The molecule has 29 heavy (non-hydrogen) atoms. The molecule has 0 spiro atoms. The van der Waals surface area contributed by atoms with E-state index in [0.29, 0.717) is 5.92 Å². The first-order valence-corrected chi connectivity index (χ1v) is 11.2. The zero-order chi connectivity index (χ0) is 21.0. The summed E-state index contributed by atoms with van der Waals surface area (Å²) >= 11 is 0. The molecule has 0 aliphatic carbocycles. The molecule has 2 atom stereocenters. The highest BCUT2D eigenvalue weighted by atomic mass is 32.2. The largest absolute Gasteiger partial charge is 0.265 e. The topological polar surface area (TPSA) is 54.9 Å². The molecule has 2 heterocycles. The van der Waals surface area contributed by atoms with E-state index in [1.165, 1.54) is 0 Å². The molecule has 0 aliphatic rings. The van der Waals surface area contributed by atoms with Gasteiger partial charge in [0, 0.05) is 23.0 Å². The Morgan fingerprint density at radius 3 is 2.41 bits per heavy atom. The van der Waals surface area contributed by atoms with E-state index in [1.807, 2.05) is 38.1 Å². The van der Waals surface area contributed by atoms with E-state index in [4.69, 9.17) is 4.98 Å². The zero-order valence-corrected chi connectivity index (χ0v) is 18.4. The highest BCUT2D eigenvalue weighted by Gasteiger charge is 2.20. The smallest absolute Gasteiger partial charge is 0.0947 e. The van der Waals surface area contributed by atoms with Crippen molar-refractivity contribution >= 4 is 28.0 Å². The molecule has 0 saturated heterocycles. The lowest BCUT2D eigenvalue weighted by atomic mass is 9.97. The summed E-state index contributed by atoms with van der Waals surface area (Å²) in [6, 6.07) is 12.3. The maximum absolute atomic E-state index is 12.5. The lowest BCUT2D eigenvalue weighted by molar-refractivity contribution is 0.476. The fourth-order valence-electron chi connectivity index (χ4n) is 3.32. The molecule has 0 bridgehead atoms. The molecule has 4 nitrogen and oxygen atoms in total. The quantitative estimate of drug-likeness (QED) is 0.522. The summed E-state index contributed by atoms with van der Waals surface area (Å²) in [7, 11) is -1.11. The van der Waals surface area contributed by atoms with Crippen molar-refractivity contribution in [1.29, 1.82) is 0 Å². The van der Waals surface area contributed by atoms with E-state index in [2.05, 4.69) is 48.3 Å². The number of hydrogen-bond acceptors (Lipinski definition) is 3. The molecule has 1 aromatic carbocycles. The predicted octanol–water partition coefficient (Wildman–Crippen LogP) is 5.69. The third kappa shape index (κ3) is 5.17. The Kier molecular flexibility index (Phi) is 6.93. The molecule has 5 heteroatoms. The van der Waals surface area contributed by atoms with Gasteiger partial charge in [0.25, 0.3) is 0 Å². The van der Waals surface area contributed by atoms with Gasteiger partial charge >= 0.3 is 0 Å². The molecule has 0 fully saturated rings. The molecule has 2 aromatic heterocycles. The van der Waals surface area contributed by atoms with Crippen LogP contribution in [-0.2, 0) is 11.0 Å². The first-order chi connectivity index (χ1) is 13.9. The second-order valence-electron chi connectivity index (χ2n) is 7.95. The van der Waals surface area contributed by atoms with Crippen LogP contribution in [0.3, 0.4) is 0 Å². The molecule has 152 valence electrons. The van der Waals surface area contributed by atoms with Crippen LogP contribution in [0.25, 0.3) is 28.1 Å². The lowest BCUT2D eigenvalue weighted by Crippen LogP contribution is -2.30. The summed E-state index contributed by atoms with van der Waals surface area (Å²) < 4.78 is 15.8. The molecule has 0 saturated carbocycles. The summed E-state index contributed by atoms with van der Waals surface area (Å²) in [5.74, 6) is 0.454. The van der Waals surface area contributed by atoms with Gasteiger partial charge in [-0.2, -0.15) is 0 Å². The van der Waals surface area contributed by atoms with Crippen molar-refractivity contribution < 1.29 is 4.21 Å². The molecular weight excluding hydrogens is 378 g/mol. The minimum absolute atomic E-state index is 0.0481. The number of rotatable bonds is 8. The first-order valence-electron chi connectivity index (χ1n) is 10.0.